The van der Waals surface area contributed by atoms with Gasteiger partial charge in [-0.3, -0.25) is 0 Å². The Hall–Kier alpha value is -3.14. The van der Waals surface area contributed by atoms with Crippen LogP contribution in [0.2, 0.25) is 0 Å². The summed E-state index contributed by atoms with van der Waals surface area (Å²) in [6.07, 6.45) is 4.90. The van der Waals surface area contributed by atoms with Gasteiger partial charge in [-0.05, 0) is 49.4 Å². The van der Waals surface area contributed by atoms with Gasteiger partial charge in [-0.2, -0.15) is 10.2 Å². The molecule has 2 aliphatic carbocycles. The van der Waals surface area contributed by atoms with Crippen molar-refractivity contribution in [2.24, 2.45) is 11.8 Å². The second kappa shape index (κ2) is 10.4. The van der Waals surface area contributed by atoms with Crippen molar-refractivity contribution >= 4 is 0 Å². The van der Waals surface area contributed by atoms with Crippen molar-refractivity contribution in [2.45, 2.75) is 97.6 Å². The standard InChI is InChI=1S/C35H44N4/c1-22(2)28-19-17-24(5)30-32(26-13-9-7-10-14-26)36-38(34(28)30)21-39-35-29(23(3)4)20-18-25(6)31(35)33(37-39)27-15-11-8-12-16-27/h7-16,22-25,28-29H,17-21H2,1-6H3. The zero-order valence-electron chi connectivity index (χ0n) is 24.6. The van der Waals surface area contributed by atoms with Crippen LogP contribution in [-0.2, 0) is 6.67 Å². The molecule has 0 spiro atoms. The van der Waals surface area contributed by atoms with Crippen molar-refractivity contribution in [3.63, 3.8) is 0 Å². The molecule has 4 nitrogen and oxygen atoms in total. The van der Waals surface area contributed by atoms with Crippen LogP contribution in [0, 0.1) is 11.8 Å². The Kier molecular flexibility index (Phi) is 6.99. The average molecular weight is 521 g/mol. The first kappa shape index (κ1) is 26.1. The van der Waals surface area contributed by atoms with Crippen LogP contribution in [-0.4, -0.2) is 19.6 Å². The highest BCUT2D eigenvalue weighted by atomic mass is 15.4. The highest BCUT2D eigenvalue weighted by molar-refractivity contribution is 5.67. The maximum Gasteiger partial charge on any atom is 0.133 e. The van der Waals surface area contributed by atoms with Crippen molar-refractivity contribution in [1.29, 1.82) is 0 Å². The lowest BCUT2D eigenvalue weighted by Gasteiger charge is -2.32. The lowest BCUT2D eigenvalue weighted by Crippen LogP contribution is -2.25. The molecule has 2 heterocycles. The molecule has 2 aliphatic rings. The van der Waals surface area contributed by atoms with Crippen LogP contribution in [0.25, 0.3) is 22.5 Å². The molecular weight excluding hydrogens is 476 g/mol. The number of nitrogens with zero attached hydrogens (tertiary/aromatic N) is 4. The van der Waals surface area contributed by atoms with Gasteiger partial charge in [0.2, 0.25) is 0 Å². The van der Waals surface area contributed by atoms with Gasteiger partial charge in [0.15, 0.2) is 0 Å². The first-order valence-electron chi connectivity index (χ1n) is 15.2. The zero-order chi connectivity index (χ0) is 27.3. The number of hydrogen-bond acceptors (Lipinski definition) is 2. The Labute approximate surface area is 234 Å². The largest absolute Gasteiger partial charge is 0.247 e. The highest BCUT2D eigenvalue weighted by Gasteiger charge is 2.37. The molecule has 204 valence electrons. The predicted octanol–water partition coefficient (Wildman–Crippen LogP) is 9.19. The topological polar surface area (TPSA) is 35.6 Å². The quantitative estimate of drug-likeness (QED) is 0.254. The van der Waals surface area contributed by atoms with Crippen LogP contribution >= 0.6 is 0 Å². The van der Waals surface area contributed by atoms with Crippen molar-refractivity contribution in [3.05, 3.63) is 83.2 Å². The molecule has 4 atom stereocenters. The van der Waals surface area contributed by atoms with E-state index in [0.717, 1.165) is 0 Å². The van der Waals surface area contributed by atoms with Crippen LogP contribution in [0.3, 0.4) is 0 Å². The molecule has 4 unspecified atom stereocenters. The molecule has 0 fully saturated rings. The van der Waals surface area contributed by atoms with Crippen LogP contribution in [0.4, 0.5) is 0 Å². The number of benzene rings is 2. The Bertz CT molecular complexity index is 1320. The third-order valence-corrected chi connectivity index (χ3v) is 9.54. The molecule has 2 aromatic carbocycles. The Morgan fingerprint density at radius 3 is 1.36 bits per heavy atom. The maximum atomic E-state index is 5.42. The second-order valence-electron chi connectivity index (χ2n) is 12.8. The van der Waals surface area contributed by atoms with Gasteiger partial charge in [-0.25, -0.2) is 9.36 Å². The monoisotopic (exact) mass is 520 g/mol. The Morgan fingerprint density at radius 1 is 0.615 bits per heavy atom. The lowest BCUT2D eigenvalue weighted by atomic mass is 9.75. The van der Waals surface area contributed by atoms with Crippen LogP contribution in [0.1, 0.15) is 113 Å². The summed E-state index contributed by atoms with van der Waals surface area (Å²) in [5, 5.41) is 10.8. The van der Waals surface area contributed by atoms with E-state index in [1.807, 2.05) is 0 Å². The highest BCUT2D eigenvalue weighted by Crippen LogP contribution is 2.48. The predicted molar refractivity (Wildman–Crippen MR) is 161 cm³/mol. The van der Waals surface area contributed by atoms with E-state index < -0.39 is 0 Å². The molecule has 0 N–H and O–H groups in total. The molecule has 0 saturated carbocycles. The van der Waals surface area contributed by atoms with E-state index in [0.29, 0.717) is 42.2 Å². The molecular formula is C35H44N4. The smallest absolute Gasteiger partial charge is 0.133 e. The maximum absolute atomic E-state index is 5.42. The van der Waals surface area contributed by atoms with Gasteiger partial charge in [-0.15, -0.1) is 0 Å². The third-order valence-electron chi connectivity index (χ3n) is 9.54. The van der Waals surface area contributed by atoms with Gasteiger partial charge in [0, 0.05) is 45.5 Å². The summed E-state index contributed by atoms with van der Waals surface area (Å²) in [5.74, 6) is 3.19. The zero-order valence-corrected chi connectivity index (χ0v) is 24.6. The summed E-state index contributed by atoms with van der Waals surface area (Å²) in [4.78, 5) is 0. The summed E-state index contributed by atoms with van der Waals surface area (Å²) in [7, 11) is 0. The normalized spacial score (nSPS) is 22.8. The van der Waals surface area contributed by atoms with E-state index in [2.05, 4.69) is 112 Å². The molecule has 6 rings (SSSR count). The summed E-state index contributed by atoms with van der Waals surface area (Å²) >= 11 is 0. The molecule has 39 heavy (non-hydrogen) atoms. The van der Waals surface area contributed by atoms with E-state index >= 15 is 0 Å². The molecule has 4 heteroatoms. The number of fused-ring (bicyclic) bond motifs is 2. The Balaban J connectivity index is 1.55. The minimum absolute atomic E-state index is 0.508. The fraction of sp³-hybridized carbons (Fsp3) is 0.486. The summed E-state index contributed by atoms with van der Waals surface area (Å²) in [6, 6.07) is 21.6. The number of hydrogen-bond donors (Lipinski definition) is 0. The minimum Gasteiger partial charge on any atom is -0.247 e. The van der Waals surface area contributed by atoms with Crippen molar-refractivity contribution in [2.75, 3.05) is 0 Å². The molecule has 0 bridgehead atoms. The summed E-state index contributed by atoms with van der Waals surface area (Å²) in [6.45, 7) is 15.0. The molecule has 0 aliphatic heterocycles. The van der Waals surface area contributed by atoms with Crippen molar-refractivity contribution in [1.82, 2.24) is 19.6 Å². The van der Waals surface area contributed by atoms with E-state index in [9.17, 15) is 0 Å². The van der Waals surface area contributed by atoms with Crippen molar-refractivity contribution < 1.29 is 0 Å². The Morgan fingerprint density at radius 2 is 1.00 bits per heavy atom. The number of aromatic nitrogens is 4. The van der Waals surface area contributed by atoms with Crippen LogP contribution < -0.4 is 0 Å². The van der Waals surface area contributed by atoms with Gasteiger partial charge in [-0.1, -0.05) is 102 Å². The van der Waals surface area contributed by atoms with Crippen LogP contribution in [0.15, 0.2) is 60.7 Å². The fourth-order valence-electron chi connectivity index (χ4n) is 7.41. The average Bonchev–Trinajstić information content (AvgIpc) is 3.51. The second-order valence-corrected chi connectivity index (χ2v) is 12.8. The van der Waals surface area contributed by atoms with Gasteiger partial charge in [0.25, 0.3) is 0 Å². The molecule has 0 radical (unpaired) electrons. The molecule has 2 aromatic heterocycles. The minimum atomic E-state index is 0.508. The third kappa shape index (κ3) is 4.56. The molecule has 0 amide bonds. The van der Waals surface area contributed by atoms with Gasteiger partial charge in [0.1, 0.15) is 6.67 Å². The summed E-state index contributed by atoms with van der Waals surface area (Å²) < 4.78 is 4.69. The molecule has 0 saturated heterocycles. The number of rotatable bonds is 6. The van der Waals surface area contributed by atoms with E-state index in [1.165, 1.54) is 70.7 Å². The summed E-state index contributed by atoms with van der Waals surface area (Å²) in [5.41, 5.74) is 10.6. The van der Waals surface area contributed by atoms with E-state index in [1.54, 1.807) is 0 Å². The van der Waals surface area contributed by atoms with Crippen molar-refractivity contribution in [3.8, 4) is 22.5 Å². The van der Waals surface area contributed by atoms with Gasteiger partial charge in [0.05, 0.1) is 11.4 Å². The van der Waals surface area contributed by atoms with Crippen LogP contribution in [0.5, 0.6) is 0 Å². The SMILES string of the molecule is CC1CCC(C(C)C)c2c1c(-c1ccccc1)nn2Cn1nc(-c2ccccc2)c2c1C(C(C)C)CCC2C. The fourth-order valence-corrected chi connectivity index (χ4v) is 7.41. The first-order valence-corrected chi connectivity index (χ1v) is 15.2. The van der Waals surface area contributed by atoms with Gasteiger partial charge < -0.3 is 0 Å². The van der Waals surface area contributed by atoms with E-state index in [-0.39, 0.29) is 0 Å². The van der Waals surface area contributed by atoms with E-state index in [4.69, 9.17) is 10.2 Å². The first-order chi connectivity index (χ1) is 18.8. The van der Waals surface area contributed by atoms with Gasteiger partial charge >= 0.3 is 0 Å². The molecule has 4 aromatic rings. The lowest BCUT2D eigenvalue weighted by molar-refractivity contribution is 0.348.